The second-order valence-electron chi connectivity index (χ2n) is 5.08. The molecule has 0 radical (unpaired) electrons. The van der Waals surface area contributed by atoms with Crippen molar-refractivity contribution in [3.05, 3.63) is 38.9 Å². The fourth-order valence-corrected chi connectivity index (χ4v) is 2.93. The van der Waals surface area contributed by atoms with Gasteiger partial charge < -0.3 is 10.0 Å². The summed E-state index contributed by atoms with van der Waals surface area (Å²) in [5, 5.41) is 19.7. The number of hydrogen-bond donors (Lipinski definition) is 1. The summed E-state index contributed by atoms with van der Waals surface area (Å²) in [6, 6.07) is 4.01. The van der Waals surface area contributed by atoms with Crippen LogP contribution in [0.3, 0.4) is 0 Å². The molecule has 114 valence electrons. The van der Waals surface area contributed by atoms with Crippen molar-refractivity contribution < 1.29 is 14.8 Å². The molecule has 1 N–H and O–H groups in total. The Bertz CT molecular complexity index is 550. The van der Waals surface area contributed by atoms with E-state index in [1.165, 1.54) is 18.2 Å². The minimum Gasteiger partial charge on any atom is -0.396 e. The predicted molar refractivity (Wildman–Crippen MR) is 78.5 cm³/mol. The second-order valence-corrected chi connectivity index (χ2v) is 5.49. The van der Waals surface area contributed by atoms with E-state index in [-0.39, 0.29) is 34.8 Å². The molecule has 1 heterocycles. The van der Waals surface area contributed by atoms with Gasteiger partial charge in [0.15, 0.2) is 0 Å². The smallest absolute Gasteiger partial charge is 0.270 e. The quantitative estimate of drug-likeness (QED) is 0.669. The topological polar surface area (TPSA) is 83.7 Å². The molecule has 0 spiro atoms. The molecule has 1 aliphatic rings. The third kappa shape index (κ3) is 3.51. The highest BCUT2D eigenvalue weighted by Crippen LogP contribution is 2.28. The van der Waals surface area contributed by atoms with Crippen LogP contribution in [0, 0.1) is 10.1 Å². The highest BCUT2D eigenvalue weighted by molar-refractivity contribution is 6.34. The van der Waals surface area contributed by atoms with E-state index in [0.29, 0.717) is 13.0 Å². The van der Waals surface area contributed by atoms with Crippen molar-refractivity contribution in [2.45, 2.75) is 31.7 Å². The Hall–Kier alpha value is -1.66. The molecule has 0 bridgehead atoms. The van der Waals surface area contributed by atoms with Gasteiger partial charge in [0.2, 0.25) is 0 Å². The molecule has 1 aliphatic heterocycles. The Morgan fingerprint density at radius 2 is 2.29 bits per heavy atom. The summed E-state index contributed by atoms with van der Waals surface area (Å²) in [6.07, 6.45) is 3.25. The summed E-state index contributed by atoms with van der Waals surface area (Å²) >= 11 is 6.01. The van der Waals surface area contributed by atoms with E-state index in [1.807, 2.05) is 0 Å². The van der Waals surface area contributed by atoms with E-state index < -0.39 is 4.92 Å². The summed E-state index contributed by atoms with van der Waals surface area (Å²) in [6.45, 7) is 0.763. The maximum atomic E-state index is 12.5. The lowest BCUT2D eigenvalue weighted by atomic mass is 10.1. The fourth-order valence-electron chi connectivity index (χ4n) is 2.68. The van der Waals surface area contributed by atoms with Gasteiger partial charge in [0, 0.05) is 31.3 Å². The van der Waals surface area contributed by atoms with Crippen LogP contribution in [0.1, 0.15) is 36.0 Å². The summed E-state index contributed by atoms with van der Waals surface area (Å²) in [7, 11) is 0. The van der Waals surface area contributed by atoms with Crippen LogP contribution in [0.2, 0.25) is 5.02 Å². The number of benzene rings is 1. The number of rotatable bonds is 5. The number of amides is 1. The van der Waals surface area contributed by atoms with Crippen molar-refractivity contribution in [3.63, 3.8) is 0 Å². The molecule has 2 rings (SSSR count). The average molecular weight is 313 g/mol. The molecule has 1 saturated heterocycles. The van der Waals surface area contributed by atoms with Crippen molar-refractivity contribution in [2.75, 3.05) is 13.2 Å². The number of aliphatic hydroxyl groups is 1. The molecule has 0 aromatic heterocycles. The van der Waals surface area contributed by atoms with Gasteiger partial charge in [-0.1, -0.05) is 11.6 Å². The Balaban J connectivity index is 2.17. The van der Waals surface area contributed by atoms with Crippen LogP contribution in [-0.2, 0) is 0 Å². The van der Waals surface area contributed by atoms with E-state index >= 15 is 0 Å². The molecule has 1 aromatic carbocycles. The molecular formula is C14H17ClN2O4. The number of likely N-dealkylation sites (tertiary alicyclic amines) is 1. The summed E-state index contributed by atoms with van der Waals surface area (Å²) < 4.78 is 0. The molecule has 7 heteroatoms. The SMILES string of the molecule is O=C(c1ccc([N+](=O)[O-])cc1Cl)N1CCCC1CCCO. The van der Waals surface area contributed by atoms with Crippen LogP contribution in [0.25, 0.3) is 0 Å². The molecule has 1 atom stereocenters. The molecule has 0 saturated carbocycles. The van der Waals surface area contributed by atoms with Gasteiger partial charge in [0.05, 0.1) is 15.5 Å². The largest absolute Gasteiger partial charge is 0.396 e. The lowest BCUT2D eigenvalue weighted by Gasteiger charge is -2.25. The fraction of sp³-hybridized carbons (Fsp3) is 0.500. The molecule has 0 aliphatic carbocycles. The second kappa shape index (κ2) is 6.87. The first-order chi connectivity index (χ1) is 10.0. The highest BCUT2D eigenvalue weighted by Gasteiger charge is 2.30. The van der Waals surface area contributed by atoms with Crippen LogP contribution in [0.5, 0.6) is 0 Å². The number of carbonyl (C=O) groups is 1. The lowest BCUT2D eigenvalue weighted by Crippen LogP contribution is -2.35. The Morgan fingerprint density at radius 3 is 2.90 bits per heavy atom. The normalized spacial score (nSPS) is 18.0. The number of nitro groups is 1. The van der Waals surface area contributed by atoms with E-state index in [0.717, 1.165) is 19.3 Å². The number of aliphatic hydroxyl groups excluding tert-OH is 1. The zero-order valence-electron chi connectivity index (χ0n) is 11.5. The summed E-state index contributed by atoms with van der Waals surface area (Å²) in [5.41, 5.74) is 0.160. The van der Waals surface area contributed by atoms with Gasteiger partial charge in [-0.15, -0.1) is 0 Å². The van der Waals surface area contributed by atoms with Crippen LogP contribution < -0.4 is 0 Å². The predicted octanol–water partition coefficient (Wildman–Crippen LogP) is 2.63. The third-order valence-electron chi connectivity index (χ3n) is 3.73. The average Bonchev–Trinajstić information content (AvgIpc) is 2.92. The van der Waals surface area contributed by atoms with Crippen LogP contribution >= 0.6 is 11.6 Å². The Morgan fingerprint density at radius 1 is 1.52 bits per heavy atom. The first-order valence-corrected chi connectivity index (χ1v) is 7.28. The van der Waals surface area contributed by atoms with Crippen LogP contribution in [0.15, 0.2) is 18.2 Å². The monoisotopic (exact) mass is 312 g/mol. The zero-order valence-corrected chi connectivity index (χ0v) is 12.3. The number of hydrogen-bond acceptors (Lipinski definition) is 4. The number of nitrogens with zero attached hydrogens (tertiary/aromatic N) is 2. The minimum atomic E-state index is -0.542. The highest BCUT2D eigenvalue weighted by atomic mass is 35.5. The Labute approximate surface area is 127 Å². The maximum absolute atomic E-state index is 12.5. The molecule has 1 unspecified atom stereocenters. The summed E-state index contributed by atoms with van der Waals surface area (Å²) in [4.78, 5) is 24.4. The van der Waals surface area contributed by atoms with Gasteiger partial charge in [-0.05, 0) is 31.7 Å². The first kappa shape index (κ1) is 15.7. The first-order valence-electron chi connectivity index (χ1n) is 6.90. The van der Waals surface area contributed by atoms with Gasteiger partial charge in [0.1, 0.15) is 0 Å². The van der Waals surface area contributed by atoms with E-state index in [4.69, 9.17) is 16.7 Å². The van der Waals surface area contributed by atoms with E-state index in [1.54, 1.807) is 4.90 Å². The maximum Gasteiger partial charge on any atom is 0.270 e. The number of halogens is 1. The molecule has 1 amide bonds. The van der Waals surface area contributed by atoms with Crippen molar-refractivity contribution >= 4 is 23.2 Å². The molecule has 1 fully saturated rings. The number of nitro benzene ring substituents is 1. The van der Waals surface area contributed by atoms with E-state index in [2.05, 4.69) is 0 Å². The van der Waals surface area contributed by atoms with Crippen LogP contribution in [-0.4, -0.2) is 40.0 Å². The van der Waals surface area contributed by atoms with Gasteiger partial charge in [0.25, 0.3) is 11.6 Å². The zero-order chi connectivity index (χ0) is 15.4. The lowest BCUT2D eigenvalue weighted by molar-refractivity contribution is -0.384. The minimum absolute atomic E-state index is 0.0991. The molecule has 21 heavy (non-hydrogen) atoms. The molecule has 1 aromatic rings. The summed E-state index contributed by atoms with van der Waals surface area (Å²) in [5.74, 6) is -0.199. The van der Waals surface area contributed by atoms with Crippen molar-refractivity contribution in [1.82, 2.24) is 4.90 Å². The number of non-ortho nitro benzene ring substituents is 1. The third-order valence-corrected chi connectivity index (χ3v) is 4.04. The van der Waals surface area contributed by atoms with Gasteiger partial charge in [-0.2, -0.15) is 0 Å². The number of carbonyl (C=O) groups excluding carboxylic acids is 1. The van der Waals surface area contributed by atoms with Gasteiger partial charge in [-0.25, -0.2) is 0 Å². The molecular weight excluding hydrogens is 296 g/mol. The van der Waals surface area contributed by atoms with Crippen molar-refractivity contribution in [3.8, 4) is 0 Å². The van der Waals surface area contributed by atoms with Gasteiger partial charge >= 0.3 is 0 Å². The van der Waals surface area contributed by atoms with Gasteiger partial charge in [-0.3, -0.25) is 14.9 Å². The van der Waals surface area contributed by atoms with Crippen molar-refractivity contribution in [1.29, 1.82) is 0 Å². The Kier molecular flexibility index (Phi) is 5.14. The van der Waals surface area contributed by atoms with E-state index in [9.17, 15) is 14.9 Å². The van der Waals surface area contributed by atoms with Crippen LogP contribution in [0.4, 0.5) is 5.69 Å². The molecule has 6 nitrogen and oxygen atoms in total. The van der Waals surface area contributed by atoms with Crippen molar-refractivity contribution in [2.24, 2.45) is 0 Å². The standard InChI is InChI=1S/C14H17ClN2O4/c15-13-9-11(17(20)21)5-6-12(13)14(19)16-7-1-3-10(16)4-2-8-18/h5-6,9-10,18H,1-4,7-8H2.